The van der Waals surface area contributed by atoms with Crippen LogP contribution in [0.1, 0.15) is 70.3 Å². The average molecular weight is 914 g/mol. The zero-order valence-electron chi connectivity index (χ0n) is 38.8. The molecule has 0 atom stereocenters. The molecule has 0 spiro atoms. The molecule has 1 rings (SSSR count). The van der Waals surface area contributed by atoms with Gasteiger partial charge in [-0.2, -0.15) is 0 Å². The first kappa shape index (κ1) is 57.9. The van der Waals surface area contributed by atoms with Gasteiger partial charge in [-0.15, -0.1) is 0 Å². The Morgan fingerprint density at radius 2 is 0.953 bits per heavy atom. The van der Waals surface area contributed by atoms with E-state index in [1.165, 1.54) is 0 Å². The van der Waals surface area contributed by atoms with Gasteiger partial charge in [-0.05, 0) is 37.0 Å². The number of carbonyl (C=O) groups is 6. The minimum atomic E-state index is -0.578. The second-order valence-corrected chi connectivity index (χ2v) is 14.9. The Labute approximate surface area is 378 Å². The smallest absolute Gasteiger partial charge is 0.258 e. The van der Waals surface area contributed by atoms with E-state index in [0.29, 0.717) is 83.1 Å². The standard InChI is InChI=1S/C45H75N3O16/c1-6-35-26-41(63-33-40(51)25-36(29-59-21-13-43(52)46-15-23-57-4)30-60-22-14-44(53)47-16-24-58-5)28-42(27-35)64-34-45(54)48-37(31-61-19-11-38(49)9-7-17-55-2)32-62-20-12-39(50)10-8-18-56-3/h26-28,36-37H,6-25,29-34H2,1-5H3,(H,46,52)(H,47,53)(H,48,54). The van der Waals surface area contributed by atoms with Crippen molar-refractivity contribution in [3.63, 3.8) is 0 Å². The zero-order valence-corrected chi connectivity index (χ0v) is 38.8. The fourth-order valence-corrected chi connectivity index (χ4v) is 5.75. The molecule has 19 nitrogen and oxygen atoms in total. The summed E-state index contributed by atoms with van der Waals surface area (Å²) >= 11 is 0. The summed E-state index contributed by atoms with van der Waals surface area (Å²) in [6.07, 6.45) is 3.46. The van der Waals surface area contributed by atoms with Gasteiger partial charge in [0.15, 0.2) is 12.4 Å². The summed E-state index contributed by atoms with van der Waals surface area (Å²) in [5.41, 5.74) is 0.853. The number of ketones is 3. The van der Waals surface area contributed by atoms with Crippen molar-refractivity contribution >= 4 is 35.1 Å². The molecule has 0 heterocycles. The SMILES string of the molecule is CCc1cc(OCC(=O)CC(COCCC(=O)NCCOC)COCCC(=O)NCCOC)cc(OCC(=O)NC(COCCC(=O)CCCOC)COCCC(=O)CCCOC)c1. The molecule has 0 radical (unpaired) electrons. The number of Topliss-reactive ketones (excluding diaryl/α,β-unsaturated/α-hetero) is 3. The molecule has 0 aliphatic carbocycles. The normalized spacial score (nSPS) is 11.2. The van der Waals surface area contributed by atoms with E-state index in [4.69, 9.17) is 47.4 Å². The summed E-state index contributed by atoms with van der Waals surface area (Å²) in [6.45, 7) is 5.01. The molecule has 0 aromatic heterocycles. The van der Waals surface area contributed by atoms with E-state index >= 15 is 0 Å². The van der Waals surface area contributed by atoms with Crippen LogP contribution < -0.4 is 25.4 Å². The average Bonchev–Trinajstić information content (AvgIpc) is 3.28. The molecule has 1 aromatic carbocycles. The summed E-state index contributed by atoms with van der Waals surface area (Å²) < 4.78 is 54.6. The van der Waals surface area contributed by atoms with E-state index in [9.17, 15) is 28.8 Å². The number of methoxy groups -OCH3 is 4. The van der Waals surface area contributed by atoms with Crippen LogP contribution in [-0.2, 0) is 73.1 Å². The quantitative estimate of drug-likeness (QED) is 0.0797. The zero-order chi connectivity index (χ0) is 47.0. The summed E-state index contributed by atoms with van der Waals surface area (Å²) in [5.74, 6) is -0.570. The van der Waals surface area contributed by atoms with Crippen LogP contribution in [0.15, 0.2) is 18.2 Å². The first-order valence-corrected chi connectivity index (χ1v) is 22.1. The Balaban J connectivity index is 2.80. The highest BCUT2D eigenvalue weighted by molar-refractivity contribution is 5.80. The molecule has 0 saturated heterocycles. The predicted molar refractivity (Wildman–Crippen MR) is 236 cm³/mol. The molecule has 3 amide bonds. The third-order valence-electron chi connectivity index (χ3n) is 9.21. The summed E-state index contributed by atoms with van der Waals surface area (Å²) in [4.78, 5) is 74.7. The third kappa shape index (κ3) is 32.6. The minimum absolute atomic E-state index is 0.0532. The van der Waals surface area contributed by atoms with Gasteiger partial charge in [-0.25, -0.2) is 0 Å². The van der Waals surface area contributed by atoms with Crippen molar-refractivity contribution in [3.05, 3.63) is 23.8 Å². The second kappa shape index (κ2) is 39.3. The molecule has 0 fully saturated rings. The maximum Gasteiger partial charge on any atom is 0.258 e. The van der Waals surface area contributed by atoms with E-state index in [-0.39, 0.29) is 133 Å². The molecule has 0 aliphatic heterocycles. The minimum Gasteiger partial charge on any atom is -0.486 e. The van der Waals surface area contributed by atoms with Gasteiger partial charge in [0.05, 0.1) is 72.1 Å². The van der Waals surface area contributed by atoms with Gasteiger partial charge in [0.2, 0.25) is 11.8 Å². The monoisotopic (exact) mass is 914 g/mol. The lowest BCUT2D eigenvalue weighted by atomic mass is 10.0. The highest BCUT2D eigenvalue weighted by Crippen LogP contribution is 2.24. The summed E-state index contributed by atoms with van der Waals surface area (Å²) in [6, 6.07) is 4.58. The maximum absolute atomic E-state index is 13.2. The first-order chi connectivity index (χ1) is 31.0. The van der Waals surface area contributed by atoms with Crippen LogP contribution in [-0.4, -0.2) is 175 Å². The van der Waals surface area contributed by atoms with Gasteiger partial charge in [0.1, 0.15) is 29.7 Å². The fourth-order valence-electron chi connectivity index (χ4n) is 5.75. The van der Waals surface area contributed by atoms with Gasteiger partial charge >= 0.3 is 0 Å². The van der Waals surface area contributed by atoms with Gasteiger partial charge in [0.25, 0.3) is 5.91 Å². The highest BCUT2D eigenvalue weighted by atomic mass is 16.5. The van der Waals surface area contributed by atoms with Crippen molar-refractivity contribution in [1.82, 2.24) is 16.0 Å². The molecule has 366 valence electrons. The van der Waals surface area contributed by atoms with Crippen LogP contribution in [0.3, 0.4) is 0 Å². The van der Waals surface area contributed by atoms with Crippen LogP contribution in [0.2, 0.25) is 0 Å². The number of carbonyl (C=O) groups excluding carboxylic acids is 6. The first-order valence-electron chi connectivity index (χ1n) is 22.1. The van der Waals surface area contributed by atoms with E-state index in [1.54, 1.807) is 46.6 Å². The Bertz CT molecular complexity index is 1290. The molecule has 3 N–H and O–H groups in total. The van der Waals surface area contributed by atoms with Gasteiger partial charge < -0.3 is 63.3 Å². The third-order valence-corrected chi connectivity index (χ3v) is 9.21. The van der Waals surface area contributed by atoms with E-state index in [2.05, 4.69) is 16.0 Å². The van der Waals surface area contributed by atoms with Crippen molar-refractivity contribution in [3.8, 4) is 11.5 Å². The Kier molecular flexibility index (Phi) is 35.6. The fraction of sp³-hybridized carbons (Fsp3) is 0.733. The molecule has 0 aliphatic rings. The molecule has 0 saturated carbocycles. The van der Waals surface area contributed by atoms with Crippen LogP contribution in [0.25, 0.3) is 0 Å². The van der Waals surface area contributed by atoms with Crippen molar-refractivity contribution in [2.24, 2.45) is 5.92 Å². The number of benzene rings is 1. The number of nitrogens with one attached hydrogen (secondary N) is 3. The number of rotatable bonds is 44. The topological polar surface area (TPSA) is 231 Å². The molecule has 1 aromatic rings. The van der Waals surface area contributed by atoms with Crippen molar-refractivity contribution < 1.29 is 76.1 Å². The predicted octanol–water partition coefficient (Wildman–Crippen LogP) is 2.21. The van der Waals surface area contributed by atoms with Crippen molar-refractivity contribution in [1.29, 1.82) is 0 Å². The second-order valence-electron chi connectivity index (χ2n) is 14.9. The van der Waals surface area contributed by atoms with Gasteiger partial charge in [-0.3, -0.25) is 28.8 Å². The van der Waals surface area contributed by atoms with E-state index < -0.39 is 11.9 Å². The molecule has 0 unspecified atom stereocenters. The van der Waals surface area contributed by atoms with E-state index in [1.807, 2.05) is 6.92 Å². The van der Waals surface area contributed by atoms with Crippen molar-refractivity contribution in [2.75, 3.05) is 134 Å². The molecule has 0 bridgehead atoms. The van der Waals surface area contributed by atoms with E-state index in [0.717, 1.165) is 5.56 Å². The molecule has 19 heteroatoms. The molecule has 64 heavy (non-hydrogen) atoms. The van der Waals surface area contributed by atoms with Crippen molar-refractivity contribution in [2.45, 2.75) is 77.2 Å². The Morgan fingerprint density at radius 1 is 0.500 bits per heavy atom. The lowest BCUT2D eigenvalue weighted by Crippen LogP contribution is -2.43. The van der Waals surface area contributed by atoms with Crippen LogP contribution in [0.5, 0.6) is 11.5 Å². The highest BCUT2D eigenvalue weighted by Gasteiger charge is 2.18. The Hall–Kier alpha value is -4.08. The molecular weight excluding hydrogens is 838 g/mol. The summed E-state index contributed by atoms with van der Waals surface area (Å²) in [5, 5.41) is 8.31. The maximum atomic E-state index is 13.2. The number of hydrogen-bond acceptors (Lipinski definition) is 16. The summed E-state index contributed by atoms with van der Waals surface area (Å²) in [7, 11) is 6.26. The lowest BCUT2D eigenvalue weighted by molar-refractivity contribution is -0.126. The largest absolute Gasteiger partial charge is 0.486 e. The lowest BCUT2D eigenvalue weighted by Gasteiger charge is -2.19. The number of aryl methyl sites for hydroxylation is 1. The van der Waals surface area contributed by atoms with Crippen LogP contribution in [0.4, 0.5) is 0 Å². The number of amides is 3. The Morgan fingerprint density at radius 3 is 1.42 bits per heavy atom. The van der Waals surface area contributed by atoms with Crippen LogP contribution in [0, 0.1) is 5.92 Å². The van der Waals surface area contributed by atoms with Crippen LogP contribution >= 0.6 is 0 Å². The van der Waals surface area contributed by atoms with Gasteiger partial charge in [-0.1, -0.05) is 6.92 Å². The number of hydrogen-bond donors (Lipinski definition) is 3. The molecular formula is C45H75N3O16. The number of ether oxygens (including phenoxy) is 10. The van der Waals surface area contributed by atoms with Gasteiger partial charge in [0, 0.05) is 112 Å².